The van der Waals surface area contributed by atoms with Crippen LogP contribution < -0.4 is 16.4 Å². The maximum absolute atomic E-state index is 12.8. The molecule has 3 heterocycles. The first-order valence-corrected chi connectivity index (χ1v) is 28.1. The normalized spacial score (nSPS) is 21.0. The number of phosphoric acid groups is 3. The van der Waals surface area contributed by atoms with E-state index in [2.05, 4.69) is 34.4 Å². The zero-order valence-electron chi connectivity index (χ0n) is 40.1. The summed E-state index contributed by atoms with van der Waals surface area (Å²) >= 11 is 0.903. The number of amides is 2. The van der Waals surface area contributed by atoms with Crippen LogP contribution in [0.3, 0.4) is 0 Å². The van der Waals surface area contributed by atoms with E-state index in [4.69, 9.17) is 24.6 Å². The number of fused-ring (bicyclic) bond motifs is 1. The Morgan fingerprint density at radius 3 is 2.26 bits per heavy atom. The Morgan fingerprint density at radius 2 is 1.58 bits per heavy atom. The Morgan fingerprint density at radius 1 is 0.905 bits per heavy atom. The molecule has 1 aliphatic heterocycles. The Bertz CT molecular complexity index is 2440. The lowest BCUT2D eigenvalue weighted by Gasteiger charge is -2.30. The number of carboxylic acids is 1. The van der Waals surface area contributed by atoms with Crippen molar-refractivity contribution in [1.82, 2.24) is 30.2 Å². The fourth-order valence-electron chi connectivity index (χ4n) is 6.44. The van der Waals surface area contributed by atoms with Gasteiger partial charge in [-0.25, -0.2) is 28.6 Å². The molecule has 2 aromatic heterocycles. The van der Waals surface area contributed by atoms with Gasteiger partial charge in [0.2, 0.25) is 11.8 Å². The number of carbonyl (C=O) groups excluding carboxylic acids is 3. The number of aliphatic hydroxyl groups excluding tert-OH is 5. The summed E-state index contributed by atoms with van der Waals surface area (Å²) in [5.74, 6) is -2.33. The molecule has 1 fully saturated rings. The van der Waals surface area contributed by atoms with Gasteiger partial charge in [0.25, 0.3) is 0 Å². The van der Waals surface area contributed by atoms with Crippen LogP contribution in [0.15, 0.2) is 61.3 Å². The van der Waals surface area contributed by atoms with E-state index in [0.29, 0.717) is 32.1 Å². The van der Waals surface area contributed by atoms with E-state index in [1.54, 1.807) is 42.5 Å². The van der Waals surface area contributed by atoms with E-state index >= 15 is 0 Å². The number of hydrogen-bond acceptors (Lipinski definition) is 22. The van der Waals surface area contributed by atoms with Crippen molar-refractivity contribution in [1.29, 1.82) is 0 Å². The lowest BCUT2D eigenvalue weighted by atomic mass is 9.87. The minimum atomic E-state index is -5.61. The van der Waals surface area contributed by atoms with Gasteiger partial charge in [0, 0.05) is 43.5 Å². The average molecular weight is 1130 g/mol. The molecule has 14 N–H and O–H groups in total. The molecule has 0 bridgehead atoms. The highest BCUT2D eigenvalue weighted by molar-refractivity contribution is 8.13. The molecule has 1 saturated heterocycles. The molecule has 29 nitrogen and oxygen atoms in total. The van der Waals surface area contributed by atoms with Crippen LogP contribution in [0.4, 0.5) is 5.82 Å². The van der Waals surface area contributed by atoms with E-state index in [1.807, 2.05) is 0 Å². The maximum Gasteiger partial charge on any atom is 0.481 e. The van der Waals surface area contributed by atoms with Crippen LogP contribution in [-0.2, 0) is 55.5 Å². The van der Waals surface area contributed by atoms with Gasteiger partial charge in [0.15, 0.2) is 22.8 Å². The highest BCUT2D eigenvalue weighted by Crippen LogP contribution is 2.61. The van der Waals surface area contributed by atoms with Crippen LogP contribution in [0.25, 0.3) is 11.2 Å². The number of rotatable bonds is 34. The van der Waals surface area contributed by atoms with Crippen molar-refractivity contribution in [3.8, 4) is 0 Å². The molecule has 33 heteroatoms. The monoisotopic (exact) mass is 1130 g/mol. The van der Waals surface area contributed by atoms with Gasteiger partial charge in [0.1, 0.15) is 36.3 Å². The summed E-state index contributed by atoms with van der Waals surface area (Å²) < 4.78 is 62.4. The predicted octanol–water partition coefficient (Wildman–Crippen LogP) is 0.788. The third-order valence-corrected chi connectivity index (χ3v) is 14.3. The Hall–Kier alpha value is -4.13. The van der Waals surface area contributed by atoms with Crippen molar-refractivity contribution in [3.05, 3.63) is 61.3 Å². The summed E-state index contributed by atoms with van der Waals surface area (Å²) in [4.78, 5) is 99.0. The van der Waals surface area contributed by atoms with Gasteiger partial charge in [-0.15, -0.1) is 0 Å². The fourth-order valence-corrected chi connectivity index (χ4v) is 10.0. The molecule has 3 rings (SSSR count). The summed E-state index contributed by atoms with van der Waals surface area (Å²) in [6.45, 7) is 0.176. The molecule has 0 saturated carbocycles. The van der Waals surface area contributed by atoms with E-state index < -0.39 is 109 Å². The number of thioether (sulfide) groups is 1. The first-order valence-electron chi connectivity index (χ1n) is 22.6. The number of nitrogens with zero attached hydrogens (tertiary/aromatic N) is 4. The number of ether oxygens (including phenoxy) is 1. The Labute approximate surface area is 428 Å². The third kappa shape index (κ3) is 23.8. The zero-order chi connectivity index (χ0) is 55.3. The SMILES string of the molecule is CC(C)(COP(=O)(O)OP(=O)(O)OCC1OC(n2cnc3c(N)ncnc32)C(O)C1OP(=O)(O)O)C(O)C(=O)NCCC(=O)NCCSC(=O)CC(O)CCC=CCC(O)C=CC=CC=CC(O)CCCC(=O)O. The van der Waals surface area contributed by atoms with Crippen LogP contribution in [0.5, 0.6) is 0 Å². The van der Waals surface area contributed by atoms with Crippen molar-refractivity contribution in [2.45, 2.75) is 114 Å². The van der Waals surface area contributed by atoms with Crippen LogP contribution in [0.2, 0.25) is 0 Å². The van der Waals surface area contributed by atoms with Crippen molar-refractivity contribution in [3.63, 3.8) is 0 Å². The number of aliphatic carboxylic acids is 1. The second-order valence-corrected chi connectivity index (χ2v) is 22.4. The van der Waals surface area contributed by atoms with E-state index in [9.17, 15) is 78.0 Å². The van der Waals surface area contributed by atoms with Gasteiger partial charge in [-0.2, -0.15) is 4.31 Å². The standard InChI is InChI=1S/C41H64N7O22P3S/c1-41(2,23-67-73(64,65)70-72(62,63)66-22-29-35(69-71(59,60)61)34(56)40(68-29)48-25-47-33-37(42)45-24-46-38(33)48)36(57)39(58)44-18-17-30(52)43-19-20-74-32(55)21-28(51)14-9-5-8-13-26(49)11-6-3-4-7-12-27(50)15-10-16-31(53)54/h3-8,11-12,24-29,34-36,40,49-51,56-57H,9-10,13-23H2,1-2H3,(H,43,52)(H,44,58)(H,53,54)(H,62,63)(H,64,65)(H2,42,45,46)(H2,59,60,61). The summed E-state index contributed by atoms with van der Waals surface area (Å²) in [6, 6.07) is 0. The van der Waals surface area contributed by atoms with E-state index in [1.165, 1.54) is 19.9 Å². The van der Waals surface area contributed by atoms with Gasteiger partial charge in [-0.3, -0.25) is 37.3 Å². The number of nitrogen functional groups attached to an aromatic ring is 1. The van der Waals surface area contributed by atoms with Crippen LogP contribution >= 0.6 is 35.2 Å². The van der Waals surface area contributed by atoms with Crippen LogP contribution in [0, 0.1) is 5.41 Å². The number of anilines is 1. The fraction of sp³-hybridized carbons (Fsp3) is 0.585. The molecule has 416 valence electrons. The van der Waals surface area contributed by atoms with E-state index in [-0.39, 0.29) is 60.2 Å². The smallest absolute Gasteiger partial charge is 0.481 e. The molecule has 0 aromatic carbocycles. The average Bonchev–Trinajstić information content (AvgIpc) is 3.86. The number of imidazole rings is 1. The quantitative estimate of drug-likeness (QED) is 0.0199. The number of carboxylic acid groups (broad SMARTS) is 1. The summed E-state index contributed by atoms with van der Waals surface area (Å²) in [5.41, 5.74) is 4.19. The van der Waals surface area contributed by atoms with Gasteiger partial charge in [0.05, 0.1) is 37.9 Å². The number of nitrogens with two attached hydrogens (primary N) is 1. The molecule has 10 unspecified atom stereocenters. The maximum atomic E-state index is 12.8. The zero-order valence-corrected chi connectivity index (χ0v) is 43.6. The second kappa shape index (κ2) is 30.6. The van der Waals surface area contributed by atoms with Gasteiger partial charge in [-0.1, -0.05) is 74.2 Å². The lowest BCUT2D eigenvalue weighted by molar-refractivity contribution is -0.138. The van der Waals surface area contributed by atoms with Crippen LogP contribution in [-0.4, -0.2) is 167 Å². The van der Waals surface area contributed by atoms with E-state index in [0.717, 1.165) is 29.0 Å². The molecular weight excluding hydrogens is 1070 g/mol. The third-order valence-electron chi connectivity index (χ3n) is 10.3. The summed E-state index contributed by atoms with van der Waals surface area (Å²) in [6.07, 6.45) is 5.25. The molecule has 10 atom stereocenters. The van der Waals surface area contributed by atoms with Crippen molar-refractivity contribution in [2.24, 2.45) is 5.41 Å². The summed E-state index contributed by atoms with van der Waals surface area (Å²) in [5, 5.41) is 64.9. The molecular formula is C41H64N7O22P3S. The minimum absolute atomic E-state index is 0.0116. The Balaban J connectivity index is 1.31. The Kier molecular flexibility index (Phi) is 26.5. The topological polar surface area (TPSA) is 462 Å². The highest BCUT2D eigenvalue weighted by Gasteiger charge is 2.50. The number of phosphoric ester groups is 3. The lowest BCUT2D eigenvalue weighted by Crippen LogP contribution is -2.46. The summed E-state index contributed by atoms with van der Waals surface area (Å²) in [7, 11) is -16.5. The van der Waals surface area contributed by atoms with Crippen molar-refractivity contribution >= 4 is 75.1 Å². The number of nitrogens with one attached hydrogen (secondary N) is 2. The molecule has 0 spiro atoms. The van der Waals surface area contributed by atoms with Crippen molar-refractivity contribution in [2.75, 3.05) is 37.8 Å². The van der Waals surface area contributed by atoms with Crippen LogP contribution in [0.1, 0.15) is 71.4 Å². The number of aromatic nitrogens is 4. The molecule has 1 aliphatic rings. The van der Waals surface area contributed by atoms with Gasteiger partial charge < -0.3 is 71.3 Å². The molecule has 0 aliphatic carbocycles. The molecule has 2 aromatic rings. The highest BCUT2D eigenvalue weighted by atomic mass is 32.2. The molecule has 74 heavy (non-hydrogen) atoms. The molecule has 2 amide bonds. The number of aliphatic hydroxyl groups is 5. The number of hydrogen-bond donors (Lipinski definition) is 13. The van der Waals surface area contributed by atoms with Gasteiger partial charge in [-0.05, 0) is 32.1 Å². The van der Waals surface area contributed by atoms with Gasteiger partial charge >= 0.3 is 29.4 Å². The first-order chi connectivity index (χ1) is 34.6. The largest absolute Gasteiger partial charge is 0.481 e. The van der Waals surface area contributed by atoms with Crippen molar-refractivity contribution < 1.29 is 106 Å². The second-order valence-electron chi connectivity index (χ2n) is 17.0. The molecule has 0 radical (unpaired) electrons. The predicted molar refractivity (Wildman–Crippen MR) is 262 cm³/mol. The minimum Gasteiger partial charge on any atom is -0.481 e. The number of carbonyl (C=O) groups is 4. The number of allylic oxidation sites excluding steroid dienone is 5. The first kappa shape index (κ1) is 64.2.